The first-order chi connectivity index (χ1) is 6.75. The molecular weight excluding hydrogens is 199 g/mol. The van der Waals surface area contributed by atoms with Gasteiger partial charge < -0.3 is 11.1 Å². The van der Waals surface area contributed by atoms with Gasteiger partial charge in [-0.1, -0.05) is 0 Å². The van der Waals surface area contributed by atoms with Crippen LogP contribution in [0.25, 0.3) is 0 Å². The second-order valence-corrected chi connectivity index (χ2v) is 4.59. The van der Waals surface area contributed by atoms with Gasteiger partial charge in [-0.3, -0.25) is 0 Å². The monoisotopic (exact) mass is 212 g/mol. The van der Waals surface area contributed by atoms with Crippen molar-refractivity contribution in [2.75, 3.05) is 22.6 Å². The Morgan fingerprint density at radius 2 is 2.36 bits per heavy atom. The first kappa shape index (κ1) is 9.65. The van der Waals surface area contributed by atoms with Gasteiger partial charge in [0.25, 0.3) is 0 Å². The summed E-state index contributed by atoms with van der Waals surface area (Å²) < 4.78 is 13.4. The number of nitrogens with one attached hydrogen (secondary N) is 1. The average molecular weight is 212 g/mol. The van der Waals surface area contributed by atoms with Crippen molar-refractivity contribution >= 4 is 23.1 Å². The van der Waals surface area contributed by atoms with E-state index >= 15 is 0 Å². The van der Waals surface area contributed by atoms with Gasteiger partial charge in [0.2, 0.25) is 0 Å². The maximum atomic E-state index is 13.4. The van der Waals surface area contributed by atoms with Crippen LogP contribution in [0, 0.1) is 5.82 Å². The number of nitrogens with two attached hydrogens (primary N) is 1. The SMILES string of the molecule is Nc1ccc(NC2CCSC2)c(F)c1. The van der Waals surface area contributed by atoms with Crippen LogP contribution in [0.2, 0.25) is 0 Å². The number of hydrogen-bond donors (Lipinski definition) is 2. The molecule has 4 heteroatoms. The van der Waals surface area contributed by atoms with Crippen molar-refractivity contribution in [2.45, 2.75) is 12.5 Å². The molecule has 1 aromatic carbocycles. The number of rotatable bonds is 2. The molecule has 0 aliphatic carbocycles. The van der Waals surface area contributed by atoms with E-state index in [4.69, 9.17) is 5.73 Å². The molecule has 0 amide bonds. The summed E-state index contributed by atoms with van der Waals surface area (Å²) in [6.45, 7) is 0. The Morgan fingerprint density at radius 1 is 1.50 bits per heavy atom. The van der Waals surface area contributed by atoms with Crippen LogP contribution >= 0.6 is 11.8 Å². The van der Waals surface area contributed by atoms with Crippen LogP contribution in [-0.2, 0) is 0 Å². The fourth-order valence-electron chi connectivity index (χ4n) is 1.52. The summed E-state index contributed by atoms with van der Waals surface area (Å²) >= 11 is 1.90. The van der Waals surface area contributed by atoms with Crippen molar-refractivity contribution < 1.29 is 4.39 Å². The molecule has 1 atom stereocenters. The first-order valence-corrected chi connectivity index (χ1v) is 5.80. The number of nitrogen functional groups attached to an aromatic ring is 1. The van der Waals surface area contributed by atoms with Gasteiger partial charge in [0, 0.05) is 17.5 Å². The lowest BCUT2D eigenvalue weighted by atomic mass is 10.2. The molecule has 2 nitrogen and oxygen atoms in total. The normalized spacial score (nSPS) is 21.1. The summed E-state index contributed by atoms with van der Waals surface area (Å²) in [6.07, 6.45) is 1.11. The molecule has 0 radical (unpaired) electrons. The molecule has 0 spiro atoms. The second kappa shape index (κ2) is 4.09. The Labute approximate surface area is 87.1 Å². The van der Waals surface area contributed by atoms with Crippen molar-refractivity contribution in [3.8, 4) is 0 Å². The summed E-state index contributed by atoms with van der Waals surface area (Å²) in [4.78, 5) is 0. The lowest BCUT2D eigenvalue weighted by molar-refractivity contribution is 0.627. The maximum Gasteiger partial charge on any atom is 0.148 e. The van der Waals surface area contributed by atoms with Crippen molar-refractivity contribution in [3.63, 3.8) is 0 Å². The summed E-state index contributed by atoms with van der Waals surface area (Å²) in [5.74, 6) is 1.96. The standard InChI is InChI=1S/C10H13FN2S/c11-9-5-7(12)1-2-10(9)13-8-3-4-14-6-8/h1-2,5,8,13H,3-4,6,12H2. The van der Waals surface area contributed by atoms with E-state index in [1.54, 1.807) is 12.1 Å². The molecule has 1 fully saturated rings. The minimum Gasteiger partial charge on any atom is -0.399 e. The molecule has 14 heavy (non-hydrogen) atoms. The summed E-state index contributed by atoms with van der Waals surface area (Å²) in [5, 5.41) is 3.18. The molecule has 1 aliphatic heterocycles. The maximum absolute atomic E-state index is 13.4. The van der Waals surface area contributed by atoms with Crippen molar-refractivity contribution in [3.05, 3.63) is 24.0 Å². The van der Waals surface area contributed by atoms with Gasteiger partial charge in [-0.05, 0) is 30.4 Å². The van der Waals surface area contributed by atoms with Gasteiger partial charge in [-0.15, -0.1) is 0 Å². The predicted molar refractivity (Wildman–Crippen MR) is 60.2 cm³/mol. The Balaban J connectivity index is 2.08. The van der Waals surface area contributed by atoms with Gasteiger partial charge in [-0.2, -0.15) is 11.8 Å². The fourth-order valence-corrected chi connectivity index (χ4v) is 2.67. The summed E-state index contributed by atoms with van der Waals surface area (Å²) in [5.41, 5.74) is 6.49. The molecule has 1 heterocycles. The summed E-state index contributed by atoms with van der Waals surface area (Å²) in [7, 11) is 0. The fraction of sp³-hybridized carbons (Fsp3) is 0.400. The minimum atomic E-state index is -0.262. The molecule has 1 unspecified atom stereocenters. The number of hydrogen-bond acceptors (Lipinski definition) is 3. The van der Waals surface area contributed by atoms with Crippen LogP contribution in [0.15, 0.2) is 18.2 Å². The van der Waals surface area contributed by atoms with E-state index in [0.717, 1.165) is 17.9 Å². The van der Waals surface area contributed by atoms with Gasteiger partial charge in [0.1, 0.15) is 5.82 Å². The molecule has 0 saturated carbocycles. The van der Waals surface area contributed by atoms with Crippen molar-refractivity contribution in [1.29, 1.82) is 0 Å². The summed E-state index contributed by atoms with van der Waals surface area (Å²) in [6, 6.07) is 5.17. The smallest absolute Gasteiger partial charge is 0.148 e. The van der Waals surface area contributed by atoms with Gasteiger partial charge >= 0.3 is 0 Å². The van der Waals surface area contributed by atoms with E-state index in [1.807, 2.05) is 11.8 Å². The topological polar surface area (TPSA) is 38.0 Å². The average Bonchev–Trinajstić information content (AvgIpc) is 2.62. The Kier molecular flexibility index (Phi) is 2.82. The zero-order valence-electron chi connectivity index (χ0n) is 7.79. The van der Waals surface area contributed by atoms with Crippen LogP contribution in [-0.4, -0.2) is 17.5 Å². The number of anilines is 2. The molecule has 2 rings (SSSR count). The number of benzene rings is 1. The zero-order valence-corrected chi connectivity index (χ0v) is 8.61. The molecule has 0 aromatic heterocycles. The molecule has 1 aliphatic rings. The van der Waals surface area contributed by atoms with Crippen LogP contribution in [0.5, 0.6) is 0 Å². The minimum absolute atomic E-state index is 0.262. The van der Waals surface area contributed by atoms with E-state index in [2.05, 4.69) is 5.32 Å². The third kappa shape index (κ3) is 2.12. The van der Waals surface area contributed by atoms with E-state index < -0.39 is 0 Å². The van der Waals surface area contributed by atoms with Crippen LogP contribution in [0.3, 0.4) is 0 Å². The molecule has 3 N–H and O–H groups in total. The lowest BCUT2D eigenvalue weighted by Crippen LogP contribution is -2.18. The Morgan fingerprint density at radius 3 is 3.00 bits per heavy atom. The highest BCUT2D eigenvalue weighted by atomic mass is 32.2. The number of thioether (sulfide) groups is 1. The van der Waals surface area contributed by atoms with E-state index in [1.165, 1.54) is 6.07 Å². The highest BCUT2D eigenvalue weighted by Gasteiger charge is 2.16. The van der Waals surface area contributed by atoms with Crippen LogP contribution in [0.4, 0.5) is 15.8 Å². The molecule has 76 valence electrons. The number of halogens is 1. The van der Waals surface area contributed by atoms with E-state index in [0.29, 0.717) is 17.4 Å². The third-order valence-corrected chi connectivity index (χ3v) is 3.44. The lowest BCUT2D eigenvalue weighted by Gasteiger charge is -2.13. The second-order valence-electron chi connectivity index (χ2n) is 3.44. The van der Waals surface area contributed by atoms with Gasteiger partial charge in [-0.25, -0.2) is 4.39 Å². The Hall–Kier alpha value is -0.900. The van der Waals surface area contributed by atoms with E-state index in [-0.39, 0.29) is 5.82 Å². The van der Waals surface area contributed by atoms with Crippen molar-refractivity contribution in [1.82, 2.24) is 0 Å². The highest BCUT2D eigenvalue weighted by Crippen LogP contribution is 2.23. The first-order valence-electron chi connectivity index (χ1n) is 4.65. The molecular formula is C10H13FN2S. The predicted octanol–water partition coefficient (Wildman–Crippen LogP) is 2.33. The van der Waals surface area contributed by atoms with E-state index in [9.17, 15) is 4.39 Å². The third-order valence-electron chi connectivity index (χ3n) is 2.28. The highest BCUT2D eigenvalue weighted by molar-refractivity contribution is 7.99. The van der Waals surface area contributed by atoms with Crippen molar-refractivity contribution in [2.24, 2.45) is 0 Å². The quantitative estimate of drug-likeness (QED) is 0.739. The van der Waals surface area contributed by atoms with Gasteiger partial charge in [0.05, 0.1) is 5.69 Å². The molecule has 1 saturated heterocycles. The zero-order chi connectivity index (χ0) is 9.97. The molecule has 0 bridgehead atoms. The van der Waals surface area contributed by atoms with Crippen LogP contribution < -0.4 is 11.1 Å². The largest absolute Gasteiger partial charge is 0.399 e. The molecule has 1 aromatic rings. The Bertz CT molecular complexity index is 324. The van der Waals surface area contributed by atoms with Gasteiger partial charge in [0.15, 0.2) is 0 Å². The van der Waals surface area contributed by atoms with Crippen LogP contribution in [0.1, 0.15) is 6.42 Å².